The van der Waals surface area contributed by atoms with Gasteiger partial charge in [0.1, 0.15) is 5.69 Å². The Bertz CT molecular complexity index is 609. The van der Waals surface area contributed by atoms with Gasteiger partial charge in [-0.3, -0.25) is 9.48 Å². The van der Waals surface area contributed by atoms with Gasteiger partial charge in [-0.15, -0.1) is 11.3 Å². The van der Waals surface area contributed by atoms with Crippen molar-refractivity contribution in [1.82, 2.24) is 20.1 Å². The van der Waals surface area contributed by atoms with Gasteiger partial charge in [-0.05, 0) is 19.9 Å². The minimum Gasteiger partial charge on any atom is -0.461 e. The number of rotatable bonds is 6. The molecule has 0 fully saturated rings. The molecule has 0 aliphatic carbocycles. The second-order valence-electron chi connectivity index (χ2n) is 4.36. The maximum atomic E-state index is 12.0. The predicted molar refractivity (Wildman–Crippen MR) is 77.2 cm³/mol. The third-order valence-electron chi connectivity index (χ3n) is 2.58. The number of carbonyl (C=O) groups excluding carboxylic acids is 2. The minimum atomic E-state index is -0.508. The first-order chi connectivity index (χ1) is 10.1. The maximum Gasteiger partial charge on any atom is 0.367 e. The van der Waals surface area contributed by atoms with Crippen LogP contribution in [-0.2, 0) is 11.3 Å². The number of thiazole rings is 1. The predicted octanol–water partition coefficient (Wildman–Crippen LogP) is 1.33. The molecule has 0 aliphatic heterocycles. The van der Waals surface area contributed by atoms with E-state index >= 15 is 0 Å². The number of nitrogens with zero attached hydrogens (tertiary/aromatic N) is 3. The zero-order chi connectivity index (χ0) is 15.2. The van der Waals surface area contributed by atoms with Gasteiger partial charge in [0.25, 0.3) is 5.91 Å². The first kappa shape index (κ1) is 15.2. The van der Waals surface area contributed by atoms with Crippen molar-refractivity contribution >= 4 is 23.2 Å². The molecule has 0 spiro atoms. The second kappa shape index (κ2) is 6.98. The Kier molecular flexibility index (Phi) is 5.04. The highest BCUT2D eigenvalue weighted by Crippen LogP contribution is 2.11. The summed E-state index contributed by atoms with van der Waals surface area (Å²) < 4.78 is 6.57. The Labute approximate surface area is 125 Å². The molecule has 1 atom stereocenters. The van der Waals surface area contributed by atoms with Gasteiger partial charge in [-0.2, -0.15) is 5.10 Å². The van der Waals surface area contributed by atoms with Crippen LogP contribution >= 0.6 is 11.3 Å². The highest BCUT2D eigenvalue weighted by atomic mass is 32.1. The van der Waals surface area contributed by atoms with Gasteiger partial charge >= 0.3 is 5.97 Å². The van der Waals surface area contributed by atoms with Crippen molar-refractivity contribution in [3.8, 4) is 0 Å². The van der Waals surface area contributed by atoms with Crippen molar-refractivity contribution in [3.63, 3.8) is 0 Å². The Hall–Kier alpha value is -2.22. The number of nitrogens with one attached hydrogen (secondary N) is 1. The number of ether oxygens (including phenoxy) is 1. The summed E-state index contributed by atoms with van der Waals surface area (Å²) in [6, 6.07) is 1.71. The molecule has 1 N–H and O–H groups in total. The number of amides is 1. The standard InChI is InChI=1S/C13H16N4O3S/c1-3-20-13(19)12-16-10(8-21-12)11(18)15-9(2)7-17-6-4-5-14-17/h4-6,8-9H,3,7H2,1-2H3,(H,15,18). The fourth-order valence-corrected chi connectivity index (χ4v) is 2.39. The lowest BCUT2D eigenvalue weighted by molar-refractivity contribution is 0.0526. The van der Waals surface area contributed by atoms with E-state index in [1.165, 1.54) is 0 Å². The topological polar surface area (TPSA) is 86.1 Å². The van der Waals surface area contributed by atoms with Crippen molar-refractivity contribution in [2.45, 2.75) is 26.4 Å². The SMILES string of the molecule is CCOC(=O)c1nc(C(=O)NC(C)Cn2cccn2)cs1. The van der Waals surface area contributed by atoms with E-state index in [9.17, 15) is 9.59 Å². The minimum absolute atomic E-state index is 0.106. The molecule has 2 heterocycles. The van der Waals surface area contributed by atoms with Gasteiger partial charge in [0.05, 0.1) is 13.2 Å². The third-order valence-corrected chi connectivity index (χ3v) is 3.41. The lowest BCUT2D eigenvalue weighted by Gasteiger charge is -2.12. The number of hydrogen-bond acceptors (Lipinski definition) is 6. The van der Waals surface area contributed by atoms with Gasteiger partial charge in [-0.25, -0.2) is 9.78 Å². The summed E-state index contributed by atoms with van der Waals surface area (Å²) in [7, 11) is 0. The van der Waals surface area contributed by atoms with E-state index in [1.807, 2.05) is 19.2 Å². The van der Waals surface area contributed by atoms with Crippen molar-refractivity contribution < 1.29 is 14.3 Å². The molecule has 8 heteroatoms. The van der Waals surface area contributed by atoms with Crippen LogP contribution in [0.5, 0.6) is 0 Å². The van der Waals surface area contributed by atoms with Crippen LogP contribution in [0.4, 0.5) is 0 Å². The van der Waals surface area contributed by atoms with Crippen LogP contribution in [0.1, 0.15) is 34.1 Å². The summed E-state index contributed by atoms with van der Waals surface area (Å²) in [5.74, 6) is -0.826. The van der Waals surface area contributed by atoms with E-state index in [2.05, 4.69) is 15.4 Å². The van der Waals surface area contributed by atoms with Gasteiger partial charge in [0.2, 0.25) is 5.01 Å². The molecule has 1 amide bonds. The Morgan fingerprint density at radius 2 is 2.33 bits per heavy atom. The molecular weight excluding hydrogens is 292 g/mol. The molecule has 112 valence electrons. The molecule has 2 rings (SSSR count). The molecule has 0 bridgehead atoms. The van der Waals surface area contributed by atoms with E-state index in [0.717, 1.165) is 11.3 Å². The molecule has 2 aromatic rings. The van der Waals surface area contributed by atoms with Gasteiger partial charge in [0, 0.05) is 23.8 Å². The fraction of sp³-hybridized carbons (Fsp3) is 0.385. The highest BCUT2D eigenvalue weighted by Gasteiger charge is 2.17. The van der Waals surface area contributed by atoms with Crippen LogP contribution in [0.3, 0.4) is 0 Å². The number of hydrogen-bond donors (Lipinski definition) is 1. The van der Waals surface area contributed by atoms with Crippen molar-refractivity contribution in [2.75, 3.05) is 6.61 Å². The smallest absolute Gasteiger partial charge is 0.367 e. The van der Waals surface area contributed by atoms with Gasteiger partial charge in [-0.1, -0.05) is 0 Å². The van der Waals surface area contributed by atoms with E-state index in [1.54, 1.807) is 23.2 Å². The van der Waals surface area contributed by atoms with Crippen molar-refractivity contribution in [1.29, 1.82) is 0 Å². The number of aromatic nitrogens is 3. The van der Waals surface area contributed by atoms with Gasteiger partial charge in [0.15, 0.2) is 0 Å². The van der Waals surface area contributed by atoms with Gasteiger partial charge < -0.3 is 10.1 Å². The summed E-state index contributed by atoms with van der Waals surface area (Å²) in [6.07, 6.45) is 3.50. The largest absolute Gasteiger partial charge is 0.461 e. The lowest BCUT2D eigenvalue weighted by Crippen LogP contribution is -2.36. The first-order valence-corrected chi connectivity index (χ1v) is 7.39. The zero-order valence-electron chi connectivity index (χ0n) is 11.8. The molecule has 1 unspecified atom stereocenters. The third kappa shape index (κ3) is 4.12. The van der Waals surface area contributed by atoms with E-state index in [-0.39, 0.29) is 29.3 Å². The quantitative estimate of drug-likeness (QED) is 0.814. The summed E-state index contributed by atoms with van der Waals surface area (Å²) in [6.45, 7) is 4.43. The number of esters is 1. The van der Waals surface area contributed by atoms with Crippen LogP contribution < -0.4 is 5.32 Å². The van der Waals surface area contributed by atoms with E-state index in [0.29, 0.717) is 6.54 Å². The summed E-state index contributed by atoms with van der Waals surface area (Å²) in [5.41, 5.74) is 0.218. The molecule has 0 aromatic carbocycles. The second-order valence-corrected chi connectivity index (χ2v) is 5.22. The number of carbonyl (C=O) groups is 2. The Balaban J connectivity index is 1.92. The molecular formula is C13H16N4O3S. The monoisotopic (exact) mass is 308 g/mol. The van der Waals surface area contributed by atoms with E-state index < -0.39 is 5.97 Å². The Morgan fingerprint density at radius 1 is 1.52 bits per heavy atom. The fourth-order valence-electron chi connectivity index (χ4n) is 1.70. The van der Waals surface area contributed by atoms with Crippen LogP contribution in [0.25, 0.3) is 0 Å². The average molecular weight is 308 g/mol. The van der Waals surface area contributed by atoms with Crippen LogP contribution in [0, 0.1) is 0 Å². The molecule has 7 nitrogen and oxygen atoms in total. The summed E-state index contributed by atoms with van der Waals surface area (Å²) in [4.78, 5) is 27.5. The molecule has 0 saturated carbocycles. The van der Waals surface area contributed by atoms with Crippen LogP contribution in [0.2, 0.25) is 0 Å². The maximum absolute atomic E-state index is 12.0. The van der Waals surface area contributed by atoms with Crippen molar-refractivity contribution in [2.24, 2.45) is 0 Å². The van der Waals surface area contributed by atoms with Crippen LogP contribution in [0.15, 0.2) is 23.8 Å². The normalized spacial score (nSPS) is 11.9. The molecule has 21 heavy (non-hydrogen) atoms. The first-order valence-electron chi connectivity index (χ1n) is 6.51. The average Bonchev–Trinajstić information content (AvgIpc) is 3.09. The van der Waals surface area contributed by atoms with E-state index in [4.69, 9.17) is 4.74 Å². The lowest BCUT2D eigenvalue weighted by atomic mass is 10.3. The van der Waals surface area contributed by atoms with Crippen molar-refractivity contribution in [3.05, 3.63) is 34.5 Å². The Morgan fingerprint density at radius 3 is 3.00 bits per heavy atom. The highest BCUT2D eigenvalue weighted by molar-refractivity contribution is 7.11. The zero-order valence-corrected chi connectivity index (χ0v) is 12.6. The summed E-state index contributed by atoms with van der Waals surface area (Å²) in [5, 5.41) is 8.61. The molecule has 2 aromatic heterocycles. The molecule has 0 saturated heterocycles. The molecule has 0 aliphatic rings. The van der Waals surface area contributed by atoms with Crippen LogP contribution in [-0.4, -0.2) is 39.3 Å². The summed E-state index contributed by atoms with van der Waals surface area (Å²) >= 11 is 1.09. The molecule has 0 radical (unpaired) electrons.